The summed E-state index contributed by atoms with van der Waals surface area (Å²) in [6.45, 7) is 9.41. The van der Waals surface area contributed by atoms with Crippen LogP contribution in [-0.4, -0.2) is 45.7 Å². The van der Waals surface area contributed by atoms with Crippen LogP contribution in [0.25, 0.3) is 10.9 Å². The molecule has 0 spiro atoms. The molecule has 29 heavy (non-hydrogen) atoms. The van der Waals surface area contributed by atoms with Crippen LogP contribution in [0.15, 0.2) is 24.3 Å². The molecular weight excluding hydrogens is 362 g/mol. The molecule has 5 nitrogen and oxygen atoms in total. The van der Waals surface area contributed by atoms with Gasteiger partial charge in [0.1, 0.15) is 6.04 Å². The number of carbonyl (C=O) groups is 2. The molecule has 2 atom stereocenters. The summed E-state index contributed by atoms with van der Waals surface area (Å²) in [5, 5.41) is 1.17. The number of H-pyrrole nitrogens is 1. The van der Waals surface area contributed by atoms with Crippen LogP contribution in [-0.2, 0) is 21.5 Å². The van der Waals surface area contributed by atoms with Crippen molar-refractivity contribution in [2.75, 3.05) is 13.1 Å². The Balaban J connectivity index is 1.67. The maximum absolute atomic E-state index is 13.5. The van der Waals surface area contributed by atoms with E-state index in [4.69, 9.17) is 0 Å². The molecule has 0 radical (unpaired) electrons. The third kappa shape index (κ3) is 3.24. The lowest BCUT2D eigenvalue weighted by Gasteiger charge is -2.51. The molecule has 156 valence electrons. The molecule has 1 aromatic carbocycles. The average molecular weight is 396 g/mol. The van der Waals surface area contributed by atoms with Crippen LogP contribution in [0.3, 0.4) is 0 Å². The van der Waals surface area contributed by atoms with Crippen LogP contribution in [0.2, 0.25) is 0 Å². The van der Waals surface area contributed by atoms with Gasteiger partial charge in [0, 0.05) is 29.6 Å². The molecule has 0 unspecified atom stereocenters. The average Bonchev–Trinajstić information content (AvgIpc) is 3.08. The molecule has 2 aromatic rings. The summed E-state index contributed by atoms with van der Waals surface area (Å²) in [6.07, 6.45) is 5.10. The molecular formula is C24H33N3O2. The van der Waals surface area contributed by atoms with Crippen molar-refractivity contribution in [2.45, 2.75) is 71.4 Å². The predicted octanol–water partition coefficient (Wildman–Crippen LogP) is 4.21. The normalized spacial score (nSPS) is 22.0. The molecule has 0 saturated carbocycles. The second-order valence-electron chi connectivity index (χ2n) is 9.20. The fourth-order valence-corrected chi connectivity index (χ4v) is 5.32. The van der Waals surface area contributed by atoms with Gasteiger partial charge in [-0.2, -0.15) is 0 Å². The van der Waals surface area contributed by atoms with Gasteiger partial charge in [-0.05, 0) is 37.8 Å². The number of para-hydroxylation sites is 1. The fourth-order valence-electron chi connectivity index (χ4n) is 5.32. The molecule has 1 N–H and O–H groups in total. The minimum absolute atomic E-state index is 0.0641. The highest BCUT2D eigenvalue weighted by molar-refractivity contribution is 5.97. The van der Waals surface area contributed by atoms with Gasteiger partial charge in [-0.1, -0.05) is 51.3 Å². The number of rotatable bonds is 6. The van der Waals surface area contributed by atoms with Crippen LogP contribution >= 0.6 is 0 Å². The van der Waals surface area contributed by atoms with E-state index in [1.54, 1.807) is 0 Å². The van der Waals surface area contributed by atoms with E-state index in [-0.39, 0.29) is 18.4 Å². The van der Waals surface area contributed by atoms with E-state index in [0.29, 0.717) is 18.9 Å². The quantitative estimate of drug-likeness (QED) is 0.796. The summed E-state index contributed by atoms with van der Waals surface area (Å²) in [6, 6.07) is 7.83. The molecule has 3 heterocycles. The van der Waals surface area contributed by atoms with E-state index < -0.39 is 11.6 Å². The topological polar surface area (TPSA) is 56.4 Å². The molecule has 1 aromatic heterocycles. The van der Waals surface area contributed by atoms with Gasteiger partial charge in [0.05, 0.1) is 12.1 Å². The van der Waals surface area contributed by atoms with Crippen molar-refractivity contribution in [1.82, 2.24) is 14.8 Å². The van der Waals surface area contributed by atoms with Crippen molar-refractivity contribution < 1.29 is 9.59 Å². The van der Waals surface area contributed by atoms with E-state index in [9.17, 15) is 9.59 Å². The Morgan fingerprint density at radius 3 is 2.69 bits per heavy atom. The number of hydrogen-bond donors (Lipinski definition) is 1. The van der Waals surface area contributed by atoms with E-state index in [1.807, 2.05) is 21.9 Å². The molecule has 2 aliphatic heterocycles. The van der Waals surface area contributed by atoms with Gasteiger partial charge in [0.2, 0.25) is 11.8 Å². The summed E-state index contributed by atoms with van der Waals surface area (Å²) >= 11 is 0. The minimum Gasteiger partial charge on any atom is -0.356 e. The zero-order chi connectivity index (χ0) is 20.8. The van der Waals surface area contributed by atoms with Gasteiger partial charge in [-0.3, -0.25) is 9.59 Å². The molecule has 1 fully saturated rings. The lowest BCUT2D eigenvalue weighted by atomic mass is 9.82. The second kappa shape index (κ2) is 7.51. The van der Waals surface area contributed by atoms with E-state index >= 15 is 0 Å². The van der Waals surface area contributed by atoms with Gasteiger partial charge >= 0.3 is 0 Å². The molecule has 0 bridgehead atoms. The first-order chi connectivity index (χ1) is 13.9. The van der Waals surface area contributed by atoms with Crippen molar-refractivity contribution in [3.63, 3.8) is 0 Å². The summed E-state index contributed by atoms with van der Waals surface area (Å²) in [5.41, 5.74) is 2.81. The van der Waals surface area contributed by atoms with Gasteiger partial charge in [-0.15, -0.1) is 0 Å². The number of fused-ring (bicyclic) bond motifs is 4. The van der Waals surface area contributed by atoms with Gasteiger partial charge < -0.3 is 14.8 Å². The fraction of sp³-hybridized carbons (Fsp3) is 0.583. The lowest BCUT2D eigenvalue weighted by Crippen LogP contribution is -2.67. The van der Waals surface area contributed by atoms with Crippen molar-refractivity contribution in [2.24, 2.45) is 5.92 Å². The Kier molecular flexibility index (Phi) is 5.18. The Bertz CT molecular complexity index is 929. The Morgan fingerprint density at radius 1 is 1.21 bits per heavy atom. The smallest absolute Gasteiger partial charge is 0.246 e. The minimum atomic E-state index is -0.525. The molecule has 1 saturated heterocycles. The summed E-state index contributed by atoms with van der Waals surface area (Å²) in [7, 11) is 0. The highest BCUT2D eigenvalue weighted by Gasteiger charge is 2.51. The third-order valence-corrected chi connectivity index (χ3v) is 6.95. The van der Waals surface area contributed by atoms with Gasteiger partial charge in [0.25, 0.3) is 0 Å². The first-order valence-electron chi connectivity index (χ1n) is 11.1. The van der Waals surface area contributed by atoms with Crippen LogP contribution in [0.4, 0.5) is 0 Å². The Hall–Kier alpha value is -2.30. The van der Waals surface area contributed by atoms with Crippen LogP contribution in [0, 0.1) is 5.92 Å². The lowest BCUT2D eigenvalue weighted by molar-refractivity contribution is -0.164. The molecule has 5 heteroatoms. The molecule has 2 aliphatic rings. The Morgan fingerprint density at radius 2 is 1.97 bits per heavy atom. The number of aromatic amines is 1. The van der Waals surface area contributed by atoms with Crippen molar-refractivity contribution in [3.8, 4) is 0 Å². The summed E-state index contributed by atoms with van der Waals surface area (Å²) < 4.78 is 0. The number of nitrogens with zero attached hydrogens (tertiary/aromatic N) is 2. The highest BCUT2D eigenvalue weighted by atomic mass is 16.2. The van der Waals surface area contributed by atoms with Crippen molar-refractivity contribution >= 4 is 22.7 Å². The maximum Gasteiger partial charge on any atom is 0.246 e. The van der Waals surface area contributed by atoms with Gasteiger partial charge in [-0.25, -0.2) is 0 Å². The molecule has 4 rings (SSSR count). The summed E-state index contributed by atoms with van der Waals surface area (Å²) in [4.78, 5) is 33.9. The zero-order valence-corrected chi connectivity index (χ0v) is 18.1. The van der Waals surface area contributed by atoms with Crippen LogP contribution < -0.4 is 0 Å². The van der Waals surface area contributed by atoms with Gasteiger partial charge in [0.15, 0.2) is 0 Å². The maximum atomic E-state index is 13.5. The number of carbonyl (C=O) groups excluding carboxylic acids is 2. The SMILES string of the molecule is CCCC[C@H](CC)CN1CC(=O)N2[C@@H](Cc3c([nH]c4ccccc34)C2(C)C)C1=O. The van der Waals surface area contributed by atoms with E-state index in [1.165, 1.54) is 17.4 Å². The number of unbranched alkanes of at least 4 members (excludes halogenated alkanes) is 1. The Labute approximate surface area is 173 Å². The first-order valence-corrected chi connectivity index (χ1v) is 11.1. The number of amides is 2. The molecule has 0 aliphatic carbocycles. The number of hydrogen-bond acceptors (Lipinski definition) is 2. The van der Waals surface area contributed by atoms with Crippen LogP contribution in [0.1, 0.15) is 64.6 Å². The third-order valence-electron chi connectivity index (χ3n) is 6.95. The van der Waals surface area contributed by atoms with E-state index in [0.717, 1.165) is 30.5 Å². The largest absolute Gasteiger partial charge is 0.356 e. The standard InChI is InChI=1S/C24H33N3O2/c1-5-7-10-16(6-2)14-26-15-21(28)27-20(23(26)29)13-18-17-11-8-9-12-19(17)25-22(18)24(27,3)4/h8-9,11-12,16,20,25H,5-7,10,13-15H2,1-4H3/t16-,20-/m0/s1. The summed E-state index contributed by atoms with van der Waals surface area (Å²) in [5.74, 6) is 0.649. The predicted molar refractivity (Wildman–Crippen MR) is 116 cm³/mol. The second-order valence-corrected chi connectivity index (χ2v) is 9.20. The highest BCUT2D eigenvalue weighted by Crippen LogP contribution is 2.42. The number of aromatic nitrogens is 1. The van der Waals surface area contributed by atoms with Crippen molar-refractivity contribution in [3.05, 3.63) is 35.5 Å². The molecule has 2 amide bonds. The number of piperazine rings is 1. The van der Waals surface area contributed by atoms with Crippen molar-refractivity contribution in [1.29, 1.82) is 0 Å². The van der Waals surface area contributed by atoms with E-state index in [2.05, 4.69) is 44.8 Å². The van der Waals surface area contributed by atoms with Crippen LogP contribution in [0.5, 0.6) is 0 Å². The number of nitrogens with one attached hydrogen (secondary N) is 1. The first kappa shape index (κ1) is 20.0. The monoisotopic (exact) mass is 395 g/mol. The number of benzene rings is 1. The zero-order valence-electron chi connectivity index (χ0n) is 18.1.